The van der Waals surface area contributed by atoms with Crippen LogP contribution in [0.25, 0.3) is 0 Å². The Labute approximate surface area is 101 Å². The summed E-state index contributed by atoms with van der Waals surface area (Å²) in [5.41, 5.74) is 0. The number of hydrogen-bond acceptors (Lipinski definition) is 4. The molecule has 17 heavy (non-hydrogen) atoms. The van der Waals surface area contributed by atoms with Crippen LogP contribution in [-0.4, -0.2) is 49.8 Å². The molecule has 1 heterocycles. The molecule has 1 aliphatic rings. The number of carbonyl (C=O) groups excluding carboxylic acids is 1. The van der Waals surface area contributed by atoms with E-state index in [1.165, 1.54) is 7.11 Å². The summed E-state index contributed by atoms with van der Waals surface area (Å²) in [6.07, 6.45) is 1.32. The van der Waals surface area contributed by atoms with E-state index >= 15 is 0 Å². The lowest BCUT2D eigenvalue weighted by molar-refractivity contribution is -0.140. The molecule has 2 atom stereocenters. The van der Waals surface area contributed by atoms with Crippen molar-refractivity contribution in [1.29, 1.82) is 0 Å². The number of carbonyl (C=O) groups is 2. The number of hydrogen-bond donors (Lipinski definition) is 3. The summed E-state index contributed by atoms with van der Waals surface area (Å²) < 4.78 is 4.99. The van der Waals surface area contributed by atoms with Gasteiger partial charge in [-0.15, -0.1) is 0 Å². The SMILES string of the molecule is COC(CNC(=O)[C@@H]1CCCNC1)CC(=O)O. The van der Waals surface area contributed by atoms with Crippen LogP contribution < -0.4 is 10.6 Å². The molecule has 6 nitrogen and oxygen atoms in total. The second kappa shape index (κ2) is 7.24. The summed E-state index contributed by atoms with van der Waals surface area (Å²) in [5.74, 6) is -0.957. The Bertz CT molecular complexity index is 264. The van der Waals surface area contributed by atoms with Crippen molar-refractivity contribution in [2.24, 2.45) is 5.92 Å². The first kappa shape index (κ1) is 13.9. The number of carboxylic acid groups (broad SMARTS) is 1. The molecule has 1 saturated heterocycles. The summed E-state index contributed by atoms with van der Waals surface area (Å²) in [7, 11) is 1.45. The first-order valence-corrected chi connectivity index (χ1v) is 5.86. The zero-order chi connectivity index (χ0) is 12.7. The van der Waals surface area contributed by atoms with Crippen molar-refractivity contribution in [3.63, 3.8) is 0 Å². The van der Waals surface area contributed by atoms with Gasteiger partial charge >= 0.3 is 5.97 Å². The van der Waals surface area contributed by atoms with Crippen molar-refractivity contribution >= 4 is 11.9 Å². The second-order valence-electron chi connectivity index (χ2n) is 4.24. The molecule has 0 aromatic carbocycles. The van der Waals surface area contributed by atoms with Gasteiger partial charge in [0.15, 0.2) is 0 Å². The molecule has 0 radical (unpaired) electrons. The Kier molecular flexibility index (Phi) is 5.93. The Morgan fingerprint density at radius 3 is 2.88 bits per heavy atom. The van der Waals surface area contributed by atoms with Crippen LogP contribution >= 0.6 is 0 Å². The molecule has 1 aliphatic heterocycles. The number of methoxy groups -OCH3 is 1. The van der Waals surface area contributed by atoms with E-state index in [1.54, 1.807) is 0 Å². The van der Waals surface area contributed by atoms with Gasteiger partial charge in [0.25, 0.3) is 0 Å². The third-order valence-corrected chi connectivity index (χ3v) is 2.91. The van der Waals surface area contributed by atoms with Crippen LogP contribution in [0, 0.1) is 5.92 Å². The minimum atomic E-state index is -0.926. The van der Waals surface area contributed by atoms with Crippen LogP contribution in [0.4, 0.5) is 0 Å². The minimum Gasteiger partial charge on any atom is -0.481 e. The predicted octanol–water partition coefficient (Wildman–Crippen LogP) is -0.408. The second-order valence-corrected chi connectivity index (χ2v) is 4.24. The van der Waals surface area contributed by atoms with Gasteiger partial charge in [-0.05, 0) is 19.4 Å². The van der Waals surface area contributed by atoms with Gasteiger partial charge in [-0.2, -0.15) is 0 Å². The molecule has 1 unspecified atom stereocenters. The number of ether oxygens (including phenoxy) is 1. The zero-order valence-corrected chi connectivity index (χ0v) is 10.1. The molecular formula is C11H20N2O4. The lowest BCUT2D eigenvalue weighted by Gasteiger charge is -2.23. The van der Waals surface area contributed by atoms with Gasteiger partial charge in [0.2, 0.25) is 5.91 Å². The highest BCUT2D eigenvalue weighted by Crippen LogP contribution is 2.09. The Hall–Kier alpha value is -1.14. The van der Waals surface area contributed by atoms with Crippen LogP contribution in [0.1, 0.15) is 19.3 Å². The fraction of sp³-hybridized carbons (Fsp3) is 0.818. The first-order chi connectivity index (χ1) is 8.13. The summed E-state index contributed by atoms with van der Waals surface area (Å²) >= 11 is 0. The third kappa shape index (κ3) is 5.14. The molecule has 1 rings (SSSR count). The summed E-state index contributed by atoms with van der Waals surface area (Å²) in [5, 5.41) is 14.5. The van der Waals surface area contributed by atoms with Crippen molar-refractivity contribution < 1.29 is 19.4 Å². The lowest BCUT2D eigenvalue weighted by atomic mass is 9.99. The van der Waals surface area contributed by atoms with Gasteiger partial charge in [0, 0.05) is 20.2 Å². The first-order valence-electron chi connectivity index (χ1n) is 5.86. The standard InChI is InChI=1S/C11H20N2O4/c1-17-9(5-10(14)15)7-13-11(16)8-3-2-4-12-6-8/h8-9,12H,2-7H2,1H3,(H,13,16)(H,14,15)/t8-,9?/m1/s1. The molecule has 0 saturated carbocycles. The van der Waals surface area contributed by atoms with Crippen molar-refractivity contribution in [2.45, 2.75) is 25.4 Å². The van der Waals surface area contributed by atoms with Crippen molar-refractivity contribution in [2.75, 3.05) is 26.7 Å². The van der Waals surface area contributed by atoms with Crippen LogP contribution in [0.5, 0.6) is 0 Å². The van der Waals surface area contributed by atoms with Gasteiger partial charge in [-0.3, -0.25) is 9.59 Å². The van der Waals surface area contributed by atoms with E-state index in [2.05, 4.69) is 10.6 Å². The number of aliphatic carboxylic acids is 1. The monoisotopic (exact) mass is 244 g/mol. The fourth-order valence-electron chi connectivity index (χ4n) is 1.87. The Balaban J connectivity index is 2.27. The molecule has 98 valence electrons. The highest BCUT2D eigenvalue weighted by Gasteiger charge is 2.22. The van der Waals surface area contributed by atoms with E-state index in [4.69, 9.17) is 9.84 Å². The van der Waals surface area contributed by atoms with Gasteiger partial charge in [0.1, 0.15) is 0 Å². The minimum absolute atomic E-state index is 0.00826. The van der Waals surface area contributed by atoms with Crippen molar-refractivity contribution in [1.82, 2.24) is 10.6 Å². The number of nitrogens with one attached hydrogen (secondary N) is 2. The quantitative estimate of drug-likeness (QED) is 0.591. The van der Waals surface area contributed by atoms with E-state index in [0.717, 1.165) is 19.4 Å². The maximum atomic E-state index is 11.8. The molecular weight excluding hydrogens is 224 g/mol. The molecule has 6 heteroatoms. The zero-order valence-electron chi connectivity index (χ0n) is 10.1. The predicted molar refractivity (Wildman–Crippen MR) is 61.7 cm³/mol. The molecule has 0 aromatic rings. The fourth-order valence-corrected chi connectivity index (χ4v) is 1.87. The molecule has 0 bridgehead atoms. The largest absolute Gasteiger partial charge is 0.481 e. The molecule has 1 fully saturated rings. The van der Waals surface area contributed by atoms with Crippen LogP contribution in [-0.2, 0) is 14.3 Å². The third-order valence-electron chi connectivity index (χ3n) is 2.91. The number of amides is 1. The van der Waals surface area contributed by atoms with E-state index in [1.807, 2.05) is 0 Å². The summed E-state index contributed by atoms with van der Waals surface area (Å²) in [6, 6.07) is 0. The van der Waals surface area contributed by atoms with E-state index in [9.17, 15) is 9.59 Å². The van der Waals surface area contributed by atoms with Gasteiger partial charge < -0.3 is 20.5 Å². The molecule has 1 amide bonds. The molecule has 3 N–H and O–H groups in total. The van der Waals surface area contributed by atoms with Crippen molar-refractivity contribution in [3.8, 4) is 0 Å². The highest BCUT2D eigenvalue weighted by atomic mass is 16.5. The topological polar surface area (TPSA) is 87.7 Å². The van der Waals surface area contributed by atoms with E-state index in [-0.39, 0.29) is 24.8 Å². The number of carboxylic acids is 1. The lowest BCUT2D eigenvalue weighted by Crippen LogP contribution is -2.43. The molecule has 0 spiro atoms. The smallest absolute Gasteiger partial charge is 0.306 e. The molecule has 0 aromatic heterocycles. The van der Waals surface area contributed by atoms with Crippen LogP contribution in [0.2, 0.25) is 0 Å². The normalized spacial score (nSPS) is 21.8. The maximum Gasteiger partial charge on any atom is 0.306 e. The maximum absolute atomic E-state index is 11.8. The molecule has 0 aliphatic carbocycles. The van der Waals surface area contributed by atoms with Gasteiger partial charge in [-0.1, -0.05) is 0 Å². The number of rotatable bonds is 6. The average molecular weight is 244 g/mol. The Morgan fingerprint density at radius 1 is 1.59 bits per heavy atom. The van der Waals surface area contributed by atoms with E-state index in [0.29, 0.717) is 6.54 Å². The van der Waals surface area contributed by atoms with Crippen LogP contribution in [0.3, 0.4) is 0 Å². The van der Waals surface area contributed by atoms with Crippen LogP contribution in [0.15, 0.2) is 0 Å². The van der Waals surface area contributed by atoms with E-state index < -0.39 is 12.1 Å². The summed E-state index contributed by atoms with van der Waals surface area (Å²) in [6.45, 7) is 1.91. The van der Waals surface area contributed by atoms with Gasteiger partial charge in [0.05, 0.1) is 18.4 Å². The summed E-state index contributed by atoms with van der Waals surface area (Å²) in [4.78, 5) is 22.3. The average Bonchev–Trinajstić information content (AvgIpc) is 2.34. The highest BCUT2D eigenvalue weighted by molar-refractivity contribution is 5.79. The van der Waals surface area contributed by atoms with Crippen molar-refractivity contribution in [3.05, 3.63) is 0 Å². The number of piperidine rings is 1. The Morgan fingerprint density at radius 2 is 2.35 bits per heavy atom. The van der Waals surface area contributed by atoms with Gasteiger partial charge in [-0.25, -0.2) is 0 Å².